The van der Waals surface area contributed by atoms with E-state index in [9.17, 15) is 18.4 Å². The van der Waals surface area contributed by atoms with Crippen molar-refractivity contribution in [1.29, 1.82) is 0 Å². The minimum atomic E-state index is -2.96. The number of halogens is 2. The molecule has 142 valence electrons. The Morgan fingerprint density at radius 3 is 2.56 bits per heavy atom. The Labute approximate surface area is 156 Å². The van der Waals surface area contributed by atoms with Crippen LogP contribution in [0.3, 0.4) is 0 Å². The summed E-state index contributed by atoms with van der Waals surface area (Å²) in [7, 11) is 0. The first-order chi connectivity index (χ1) is 13.0. The molecule has 0 aliphatic heterocycles. The molecule has 0 radical (unpaired) electrons. The first-order valence-electron chi connectivity index (χ1n) is 8.37. The molecule has 2 amide bonds. The van der Waals surface area contributed by atoms with Gasteiger partial charge < -0.3 is 15.4 Å². The SMILES string of the molecule is CCc1ccccc1NC(=O)CNC(=O)/C=C/c1ccccc1OC(F)F. The molecule has 27 heavy (non-hydrogen) atoms. The van der Waals surface area contributed by atoms with Gasteiger partial charge in [0.25, 0.3) is 0 Å². The maximum absolute atomic E-state index is 12.4. The van der Waals surface area contributed by atoms with Crippen molar-refractivity contribution in [2.75, 3.05) is 11.9 Å². The molecule has 2 rings (SSSR count). The molecule has 0 bridgehead atoms. The van der Waals surface area contributed by atoms with E-state index in [1.54, 1.807) is 18.2 Å². The smallest absolute Gasteiger partial charge is 0.387 e. The van der Waals surface area contributed by atoms with Gasteiger partial charge in [0.15, 0.2) is 0 Å². The predicted molar refractivity (Wildman–Crippen MR) is 99.6 cm³/mol. The van der Waals surface area contributed by atoms with Gasteiger partial charge in [-0.3, -0.25) is 9.59 Å². The fourth-order valence-corrected chi connectivity index (χ4v) is 2.36. The third kappa shape index (κ3) is 6.54. The highest BCUT2D eigenvalue weighted by molar-refractivity contribution is 5.98. The van der Waals surface area contributed by atoms with E-state index in [2.05, 4.69) is 15.4 Å². The van der Waals surface area contributed by atoms with E-state index in [0.717, 1.165) is 18.1 Å². The number of hydrogen-bond acceptors (Lipinski definition) is 3. The number of nitrogens with one attached hydrogen (secondary N) is 2. The van der Waals surface area contributed by atoms with E-state index < -0.39 is 12.5 Å². The van der Waals surface area contributed by atoms with Crippen molar-refractivity contribution in [2.24, 2.45) is 0 Å². The van der Waals surface area contributed by atoms with Crippen LogP contribution in [-0.4, -0.2) is 25.0 Å². The van der Waals surface area contributed by atoms with E-state index in [-0.39, 0.29) is 18.2 Å². The van der Waals surface area contributed by atoms with Crippen LogP contribution in [0.4, 0.5) is 14.5 Å². The highest BCUT2D eigenvalue weighted by Crippen LogP contribution is 2.21. The van der Waals surface area contributed by atoms with Crippen LogP contribution in [0, 0.1) is 0 Å². The predicted octanol–water partition coefficient (Wildman–Crippen LogP) is 3.62. The Morgan fingerprint density at radius 1 is 1.11 bits per heavy atom. The average molecular weight is 374 g/mol. The van der Waals surface area contributed by atoms with Crippen LogP contribution in [0.25, 0.3) is 6.08 Å². The molecule has 2 aromatic rings. The number of carbonyl (C=O) groups is 2. The lowest BCUT2D eigenvalue weighted by molar-refractivity contribution is -0.121. The Kier molecular flexibility index (Phi) is 7.49. The Hall–Kier alpha value is -3.22. The summed E-state index contributed by atoms with van der Waals surface area (Å²) in [5, 5.41) is 5.18. The fraction of sp³-hybridized carbons (Fsp3) is 0.200. The van der Waals surface area contributed by atoms with Gasteiger partial charge in [-0.05, 0) is 30.2 Å². The van der Waals surface area contributed by atoms with Crippen molar-refractivity contribution in [3.63, 3.8) is 0 Å². The molecule has 7 heteroatoms. The highest BCUT2D eigenvalue weighted by Gasteiger charge is 2.09. The number of ether oxygens (including phenoxy) is 1. The largest absolute Gasteiger partial charge is 0.434 e. The lowest BCUT2D eigenvalue weighted by atomic mass is 10.1. The number of hydrogen-bond donors (Lipinski definition) is 2. The lowest BCUT2D eigenvalue weighted by Crippen LogP contribution is -2.31. The summed E-state index contributed by atoms with van der Waals surface area (Å²) in [5.74, 6) is -0.926. The topological polar surface area (TPSA) is 67.4 Å². The molecule has 2 N–H and O–H groups in total. The molecule has 0 aliphatic carbocycles. The fourth-order valence-electron chi connectivity index (χ4n) is 2.36. The van der Waals surface area contributed by atoms with Crippen LogP contribution in [0.5, 0.6) is 5.75 Å². The van der Waals surface area contributed by atoms with Gasteiger partial charge in [0, 0.05) is 17.3 Å². The van der Waals surface area contributed by atoms with Crippen molar-refractivity contribution in [2.45, 2.75) is 20.0 Å². The van der Waals surface area contributed by atoms with E-state index in [1.807, 2.05) is 25.1 Å². The number of aryl methyl sites for hydroxylation is 1. The van der Waals surface area contributed by atoms with Gasteiger partial charge in [-0.2, -0.15) is 8.78 Å². The Bertz CT molecular complexity index is 822. The van der Waals surface area contributed by atoms with Crippen molar-refractivity contribution in [3.8, 4) is 5.75 Å². The normalized spacial score (nSPS) is 10.8. The summed E-state index contributed by atoms with van der Waals surface area (Å²) in [5.41, 5.74) is 2.02. The van der Waals surface area contributed by atoms with Gasteiger partial charge in [-0.15, -0.1) is 0 Å². The zero-order valence-electron chi connectivity index (χ0n) is 14.7. The van der Waals surface area contributed by atoms with E-state index in [1.165, 1.54) is 18.2 Å². The second kappa shape index (κ2) is 10.1. The van der Waals surface area contributed by atoms with Crippen molar-refractivity contribution >= 4 is 23.6 Å². The second-order valence-electron chi connectivity index (χ2n) is 5.53. The summed E-state index contributed by atoms with van der Waals surface area (Å²) in [6.07, 6.45) is 3.27. The first kappa shape index (κ1) is 20.1. The van der Waals surface area contributed by atoms with Crippen LogP contribution in [0.1, 0.15) is 18.1 Å². The molecule has 0 fully saturated rings. The highest BCUT2D eigenvalue weighted by atomic mass is 19.3. The number of anilines is 1. The molecule has 0 unspecified atom stereocenters. The minimum Gasteiger partial charge on any atom is -0.434 e. The van der Waals surface area contributed by atoms with Crippen molar-refractivity contribution in [3.05, 3.63) is 65.7 Å². The number of amides is 2. The second-order valence-corrected chi connectivity index (χ2v) is 5.53. The summed E-state index contributed by atoms with van der Waals surface area (Å²) in [6.45, 7) is -1.19. The summed E-state index contributed by atoms with van der Waals surface area (Å²) in [4.78, 5) is 23.8. The van der Waals surface area contributed by atoms with Gasteiger partial charge in [0.2, 0.25) is 11.8 Å². The summed E-state index contributed by atoms with van der Waals surface area (Å²) < 4.78 is 29.1. The molecule has 2 aromatic carbocycles. The molecule has 0 spiro atoms. The van der Waals surface area contributed by atoms with Crippen LogP contribution in [0.15, 0.2) is 54.6 Å². The monoisotopic (exact) mass is 374 g/mol. The minimum absolute atomic E-state index is 0.0366. The third-order valence-electron chi connectivity index (χ3n) is 3.64. The summed E-state index contributed by atoms with van der Waals surface area (Å²) >= 11 is 0. The van der Waals surface area contributed by atoms with Gasteiger partial charge >= 0.3 is 6.61 Å². The first-order valence-corrected chi connectivity index (χ1v) is 8.37. The number of para-hydroxylation sites is 2. The number of rotatable bonds is 8. The molecule has 0 aromatic heterocycles. The van der Waals surface area contributed by atoms with Gasteiger partial charge in [-0.1, -0.05) is 43.3 Å². The van der Waals surface area contributed by atoms with Gasteiger partial charge in [0.05, 0.1) is 6.54 Å². The molecular formula is C20H20F2N2O3. The number of carbonyl (C=O) groups excluding carboxylic acids is 2. The lowest BCUT2D eigenvalue weighted by Gasteiger charge is -2.10. The number of benzene rings is 2. The Morgan fingerprint density at radius 2 is 1.81 bits per heavy atom. The van der Waals surface area contributed by atoms with Crippen LogP contribution in [-0.2, 0) is 16.0 Å². The maximum atomic E-state index is 12.4. The molecule has 0 aliphatic rings. The summed E-state index contributed by atoms with van der Waals surface area (Å²) in [6, 6.07) is 13.5. The average Bonchev–Trinajstić information content (AvgIpc) is 2.65. The van der Waals surface area contributed by atoms with Crippen LogP contribution in [0.2, 0.25) is 0 Å². The zero-order chi connectivity index (χ0) is 19.6. The molecule has 0 saturated heterocycles. The van der Waals surface area contributed by atoms with Gasteiger partial charge in [-0.25, -0.2) is 0 Å². The molecule has 0 heterocycles. The molecular weight excluding hydrogens is 354 g/mol. The van der Waals surface area contributed by atoms with E-state index in [4.69, 9.17) is 0 Å². The van der Waals surface area contributed by atoms with E-state index >= 15 is 0 Å². The zero-order valence-corrected chi connectivity index (χ0v) is 14.7. The molecule has 5 nitrogen and oxygen atoms in total. The van der Waals surface area contributed by atoms with Crippen molar-refractivity contribution in [1.82, 2.24) is 5.32 Å². The maximum Gasteiger partial charge on any atom is 0.387 e. The molecule has 0 saturated carbocycles. The van der Waals surface area contributed by atoms with Crippen LogP contribution < -0.4 is 15.4 Å². The standard InChI is InChI=1S/C20H20F2N2O3/c1-2-14-7-3-5-9-16(14)24-19(26)13-23-18(25)12-11-15-8-4-6-10-17(15)27-20(21)22/h3-12,20H,2,13H2,1H3,(H,23,25)(H,24,26)/b12-11+. The van der Waals surface area contributed by atoms with Crippen molar-refractivity contribution < 1.29 is 23.1 Å². The number of alkyl halides is 2. The quantitative estimate of drug-likeness (QED) is 0.694. The van der Waals surface area contributed by atoms with Crippen LogP contribution >= 0.6 is 0 Å². The molecule has 0 atom stereocenters. The Balaban J connectivity index is 1.89. The van der Waals surface area contributed by atoms with Gasteiger partial charge in [0.1, 0.15) is 5.75 Å². The third-order valence-corrected chi connectivity index (χ3v) is 3.64. The van der Waals surface area contributed by atoms with E-state index in [0.29, 0.717) is 11.3 Å².